The third-order valence-electron chi connectivity index (χ3n) is 4.67. The van der Waals surface area contributed by atoms with Crippen molar-refractivity contribution in [2.75, 3.05) is 36.4 Å². The van der Waals surface area contributed by atoms with Crippen LogP contribution in [0, 0.1) is 0 Å². The van der Waals surface area contributed by atoms with E-state index in [2.05, 4.69) is 25.1 Å². The fraction of sp³-hybridized carbons (Fsp3) is 0.250. The number of hydrogen-bond acceptors (Lipinski definition) is 6. The van der Waals surface area contributed by atoms with Crippen LogP contribution in [0.5, 0.6) is 0 Å². The van der Waals surface area contributed by atoms with Gasteiger partial charge in [0.1, 0.15) is 0 Å². The largest absolute Gasteiger partial charge is 0.459 e. The topological polar surface area (TPSA) is 100.0 Å². The molecular formula is C20H23IN6O2S. The zero-order chi connectivity index (χ0) is 20.1. The van der Waals surface area contributed by atoms with Crippen molar-refractivity contribution in [1.82, 2.24) is 9.88 Å². The number of hydrogen-bond donors (Lipinski definition) is 2. The number of rotatable bonds is 5. The van der Waals surface area contributed by atoms with Gasteiger partial charge in [-0.05, 0) is 29.8 Å². The molecule has 10 heteroatoms. The number of anilines is 2. The maximum Gasteiger partial charge on any atom is 0.291 e. The Labute approximate surface area is 195 Å². The first kappa shape index (κ1) is 22.1. The van der Waals surface area contributed by atoms with Crippen molar-refractivity contribution in [3.05, 3.63) is 65.6 Å². The molecule has 3 N–H and O–H groups in total. The minimum Gasteiger partial charge on any atom is -0.459 e. The number of guanidine groups is 1. The number of thiazole rings is 1. The summed E-state index contributed by atoms with van der Waals surface area (Å²) in [4.78, 5) is 25.2. The molecule has 1 aliphatic heterocycles. The molecule has 1 fully saturated rings. The zero-order valence-corrected chi connectivity index (χ0v) is 19.4. The second kappa shape index (κ2) is 10.4. The van der Waals surface area contributed by atoms with Gasteiger partial charge < -0.3 is 25.3 Å². The summed E-state index contributed by atoms with van der Waals surface area (Å²) < 4.78 is 5.09. The molecule has 4 rings (SSSR count). The fourth-order valence-electron chi connectivity index (χ4n) is 3.07. The van der Waals surface area contributed by atoms with Gasteiger partial charge in [-0.15, -0.1) is 35.3 Å². The number of benzene rings is 1. The summed E-state index contributed by atoms with van der Waals surface area (Å²) in [5, 5.41) is 5.84. The third kappa shape index (κ3) is 5.51. The van der Waals surface area contributed by atoms with Gasteiger partial charge in [-0.1, -0.05) is 12.1 Å². The minimum absolute atomic E-state index is 0. The van der Waals surface area contributed by atoms with Gasteiger partial charge in [0.2, 0.25) is 0 Å². The van der Waals surface area contributed by atoms with Crippen molar-refractivity contribution >= 4 is 58.0 Å². The molecule has 1 saturated heterocycles. The van der Waals surface area contributed by atoms with Gasteiger partial charge >= 0.3 is 0 Å². The predicted molar refractivity (Wildman–Crippen MR) is 130 cm³/mol. The first-order valence-corrected chi connectivity index (χ1v) is 10.2. The number of aliphatic imine (C=N–C) groups is 1. The summed E-state index contributed by atoms with van der Waals surface area (Å²) in [7, 11) is 0. The quantitative estimate of drug-likeness (QED) is 0.294. The average molecular weight is 538 g/mol. The predicted octanol–water partition coefficient (Wildman–Crippen LogP) is 3.24. The van der Waals surface area contributed by atoms with E-state index in [1.807, 2.05) is 35.8 Å². The Hall–Kier alpha value is -2.60. The van der Waals surface area contributed by atoms with Gasteiger partial charge in [0, 0.05) is 43.4 Å². The summed E-state index contributed by atoms with van der Waals surface area (Å²) in [5.74, 6) is 0.558. The van der Waals surface area contributed by atoms with Gasteiger partial charge in [-0.25, -0.2) is 9.98 Å². The number of nitrogens with zero attached hydrogens (tertiary/aromatic N) is 4. The van der Waals surface area contributed by atoms with Crippen LogP contribution in [0.2, 0.25) is 0 Å². The van der Waals surface area contributed by atoms with E-state index in [0.29, 0.717) is 18.2 Å². The van der Waals surface area contributed by atoms with E-state index in [0.717, 1.165) is 36.9 Å². The van der Waals surface area contributed by atoms with E-state index in [-0.39, 0.29) is 35.6 Å². The van der Waals surface area contributed by atoms with Crippen molar-refractivity contribution < 1.29 is 9.21 Å². The molecule has 2 aromatic heterocycles. The number of carbonyl (C=O) groups is 1. The number of nitrogens with one attached hydrogen (secondary N) is 1. The summed E-state index contributed by atoms with van der Waals surface area (Å²) >= 11 is 1.65. The minimum atomic E-state index is -0.276. The molecule has 8 nitrogen and oxygen atoms in total. The van der Waals surface area contributed by atoms with Crippen LogP contribution in [0.3, 0.4) is 0 Å². The molecule has 0 spiro atoms. The van der Waals surface area contributed by atoms with E-state index in [1.54, 1.807) is 23.5 Å². The van der Waals surface area contributed by atoms with Crippen LogP contribution >= 0.6 is 35.3 Å². The van der Waals surface area contributed by atoms with Crippen LogP contribution in [0.4, 0.5) is 10.8 Å². The highest BCUT2D eigenvalue weighted by atomic mass is 127. The van der Waals surface area contributed by atoms with Crippen LogP contribution in [0.25, 0.3) is 0 Å². The number of amides is 1. The molecule has 0 atom stereocenters. The lowest BCUT2D eigenvalue weighted by molar-refractivity contribution is 0.0996. The van der Waals surface area contributed by atoms with Gasteiger partial charge in [-0.3, -0.25) is 4.79 Å². The summed E-state index contributed by atoms with van der Waals surface area (Å²) in [6, 6.07) is 10.8. The smallest absolute Gasteiger partial charge is 0.291 e. The van der Waals surface area contributed by atoms with Gasteiger partial charge in [-0.2, -0.15) is 0 Å². The highest BCUT2D eigenvalue weighted by molar-refractivity contribution is 14.0. The first-order valence-electron chi connectivity index (χ1n) is 9.32. The maximum atomic E-state index is 12.0. The van der Waals surface area contributed by atoms with E-state index in [4.69, 9.17) is 10.2 Å². The summed E-state index contributed by atoms with van der Waals surface area (Å²) in [6.45, 7) is 3.91. The van der Waals surface area contributed by atoms with Crippen molar-refractivity contribution in [3.8, 4) is 0 Å². The SMILES string of the molecule is I.NC(=NCc1ccc(NC(=O)c2ccco2)cc1)N1CCN(c2nccs2)CC1. The van der Waals surface area contributed by atoms with Gasteiger partial charge in [0.25, 0.3) is 5.91 Å². The monoisotopic (exact) mass is 538 g/mol. The fourth-order valence-corrected chi connectivity index (χ4v) is 3.76. The maximum absolute atomic E-state index is 12.0. The molecule has 158 valence electrons. The molecular weight excluding hydrogens is 515 g/mol. The van der Waals surface area contributed by atoms with Gasteiger partial charge in [0.15, 0.2) is 16.9 Å². The third-order valence-corrected chi connectivity index (χ3v) is 5.51. The number of aromatic nitrogens is 1. The second-order valence-corrected chi connectivity index (χ2v) is 7.46. The zero-order valence-electron chi connectivity index (χ0n) is 16.2. The number of carbonyl (C=O) groups excluding carboxylic acids is 1. The van der Waals surface area contributed by atoms with Gasteiger partial charge in [0.05, 0.1) is 12.8 Å². The molecule has 0 unspecified atom stereocenters. The lowest BCUT2D eigenvalue weighted by Gasteiger charge is -2.35. The average Bonchev–Trinajstić information content (AvgIpc) is 3.47. The second-order valence-electron chi connectivity index (χ2n) is 6.59. The van der Waals surface area contributed by atoms with Crippen molar-refractivity contribution in [3.63, 3.8) is 0 Å². The Kier molecular flexibility index (Phi) is 7.69. The Morgan fingerprint density at radius 3 is 2.60 bits per heavy atom. The Morgan fingerprint density at radius 1 is 1.20 bits per heavy atom. The van der Waals surface area contributed by atoms with E-state index in [9.17, 15) is 4.79 Å². The number of piperazine rings is 1. The molecule has 30 heavy (non-hydrogen) atoms. The van der Waals surface area contributed by atoms with Crippen LogP contribution in [0.1, 0.15) is 16.1 Å². The van der Waals surface area contributed by atoms with E-state index >= 15 is 0 Å². The van der Waals surface area contributed by atoms with Crippen LogP contribution in [-0.4, -0.2) is 47.9 Å². The van der Waals surface area contributed by atoms with Crippen LogP contribution in [0.15, 0.2) is 63.6 Å². The van der Waals surface area contributed by atoms with Crippen molar-refractivity contribution in [1.29, 1.82) is 0 Å². The van der Waals surface area contributed by atoms with Crippen molar-refractivity contribution in [2.24, 2.45) is 10.7 Å². The molecule has 1 aliphatic rings. The molecule has 1 aromatic carbocycles. The molecule has 0 aliphatic carbocycles. The van der Waals surface area contributed by atoms with Crippen molar-refractivity contribution in [2.45, 2.75) is 6.54 Å². The Balaban J connectivity index is 0.00000256. The van der Waals surface area contributed by atoms with Crippen LogP contribution in [-0.2, 0) is 6.54 Å². The Morgan fingerprint density at radius 2 is 1.97 bits per heavy atom. The number of nitrogens with two attached hydrogens (primary N) is 1. The molecule has 0 bridgehead atoms. The number of furan rings is 1. The molecule has 3 aromatic rings. The molecule has 0 radical (unpaired) electrons. The highest BCUT2D eigenvalue weighted by Crippen LogP contribution is 2.19. The summed E-state index contributed by atoms with van der Waals surface area (Å²) in [5.41, 5.74) is 7.91. The van der Waals surface area contributed by atoms with E-state index < -0.39 is 0 Å². The normalized spacial score (nSPS) is 14.3. The molecule has 1 amide bonds. The Bertz CT molecular complexity index is 952. The van der Waals surface area contributed by atoms with E-state index in [1.165, 1.54) is 6.26 Å². The molecule has 3 heterocycles. The number of halogens is 1. The lowest BCUT2D eigenvalue weighted by Crippen LogP contribution is -2.51. The lowest BCUT2D eigenvalue weighted by atomic mass is 10.2. The highest BCUT2D eigenvalue weighted by Gasteiger charge is 2.19. The van der Waals surface area contributed by atoms with Crippen LogP contribution < -0.4 is 16.0 Å². The first-order chi connectivity index (χ1) is 14.2. The molecule has 0 saturated carbocycles. The standard InChI is InChI=1S/C20H22N6O2S.HI/c21-19(25-8-10-26(11-9-25)20-22-7-13-29-20)23-14-15-3-5-16(6-4-15)24-18(27)17-2-1-12-28-17;/h1-7,12-13H,8-11,14H2,(H2,21,23)(H,24,27);1H. The summed E-state index contributed by atoms with van der Waals surface area (Å²) in [6.07, 6.45) is 3.30.